The molecule has 0 unspecified atom stereocenters. The fourth-order valence-corrected chi connectivity index (χ4v) is 3.19. The van der Waals surface area contributed by atoms with Crippen molar-refractivity contribution >= 4 is 29.2 Å². The van der Waals surface area contributed by atoms with Gasteiger partial charge in [-0.25, -0.2) is 0 Å². The maximum Gasteiger partial charge on any atom is 0.231 e. The van der Waals surface area contributed by atoms with Gasteiger partial charge < -0.3 is 14.2 Å². The first-order chi connectivity index (χ1) is 14.5. The number of hydrogen-bond donors (Lipinski definition) is 0. The molecular formula is C24H17ClO5. The lowest BCUT2D eigenvalue weighted by Crippen LogP contribution is -2.11. The fraction of sp³-hybridized carbons (Fsp3) is 0.0833. The number of rotatable bonds is 6. The lowest BCUT2D eigenvalue weighted by Gasteiger charge is -2.07. The number of halogens is 1. The highest BCUT2D eigenvalue weighted by Crippen LogP contribution is 2.35. The summed E-state index contributed by atoms with van der Waals surface area (Å²) < 4.78 is 16.4. The standard InChI is InChI=1S/C24H17ClO5/c1-28-17-8-6-15(7-9-17)21(26)14-29-18-10-11-19-22(13-18)30-23(24(19)27)12-16-4-2-3-5-20(16)25/h2-13H,14H2,1H3/b23-12-. The highest BCUT2D eigenvalue weighted by Gasteiger charge is 2.28. The quantitative estimate of drug-likeness (QED) is 0.404. The molecule has 3 aromatic rings. The number of hydrogen-bond acceptors (Lipinski definition) is 5. The van der Waals surface area contributed by atoms with Crippen molar-refractivity contribution in [1.82, 2.24) is 0 Å². The summed E-state index contributed by atoms with van der Waals surface area (Å²) in [6.45, 7) is -0.138. The molecule has 150 valence electrons. The molecule has 5 nitrogen and oxygen atoms in total. The summed E-state index contributed by atoms with van der Waals surface area (Å²) in [4.78, 5) is 24.9. The van der Waals surface area contributed by atoms with E-state index in [0.29, 0.717) is 39.0 Å². The van der Waals surface area contributed by atoms with Gasteiger partial charge in [0.05, 0.1) is 12.7 Å². The molecule has 0 fully saturated rings. The molecule has 6 heteroatoms. The minimum Gasteiger partial charge on any atom is -0.497 e. The molecule has 0 bridgehead atoms. The molecule has 0 spiro atoms. The Morgan fingerprint density at radius 1 is 1.03 bits per heavy atom. The monoisotopic (exact) mass is 420 g/mol. The van der Waals surface area contributed by atoms with Gasteiger partial charge in [0.2, 0.25) is 5.78 Å². The van der Waals surface area contributed by atoms with Gasteiger partial charge in [0, 0.05) is 16.7 Å². The maximum atomic E-state index is 12.6. The lowest BCUT2D eigenvalue weighted by atomic mass is 10.1. The molecular weight excluding hydrogens is 404 g/mol. The summed E-state index contributed by atoms with van der Waals surface area (Å²) in [6.07, 6.45) is 1.61. The molecule has 1 aliphatic rings. The lowest BCUT2D eigenvalue weighted by molar-refractivity contribution is 0.0921. The minimum absolute atomic E-state index is 0.138. The van der Waals surface area contributed by atoms with E-state index in [2.05, 4.69) is 0 Å². The van der Waals surface area contributed by atoms with Gasteiger partial charge in [-0.15, -0.1) is 0 Å². The number of carbonyl (C=O) groups is 2. The molecule has 1 heterocycles. The zero-order chi connectivity index (χ0) is 21.1. The Hall–Kier alpha value is -3.57. The van der Waals surface area contributed by atoms with Crippen LogP contribution in [-0.2, 0) is 0 Å². The van der Waals surface area contributed by atoms with E-state index in [9.17, 15) is 9.59 Å². The zero-order valence-corrected chi connectivity index (χ0v) is 16.8. The predicted molar refractivity (Wildman–Crippen MR) is 114 cm³/mol. The van der Waals surface area contributed by atoms with E-state index in [4.69, 9.17) is 25.8 Å². The Labute approximate surface area is 178 Å². The molecule has 0 aliphatic carbocycles. The van der Waals surface area contributed by atoms with Crippen LogP contribution in [0.25, 0.3) is 6.08 Å². The van der Waals surface area contributed by atoms with E-state index in [0.717, 1.165) is 0 Å². The van der Waals surface area contributed by atoms with Gasteiger partial charge in [-0.2, -0.15) is 0 Å². The first-order valence-electron chi connectivity index (χ1n) is 9.18. The summed E-state index contributed by atoms with van der Waals surface area (Å²) in [7, 11) is 1.57. The summed E-state index contributed by atoms with van der Waals surface area (Å²) in [5, 5.41) is 0.526. The maximum absolute atomic E-state index is 12.6. The van der Waals surface area contributed by atoms with Gasteiger partial charge in [-0.1, -0.05) is 29.8 Å². The van der Waals surface area contributed by atoms with Gasteiger partial charge in [0.15, 0.2) is 18.1 Å². The van der Waals surface area contributed by atoms with Crippen LogP contribution in [0.15, 0.2) is 72.5 Å². The average molecular weight is 421 g/mol. The van der Waals surface area contributed by atoms with E-state index < -0.39 is 0 Å². The Kier molecular flexibility index (Phi) is 5.55. The van der Waals surface area contributed by atoms with E-state index in [-0.39, 0.29) is 23.9 Å². The molecule has 0 saturated heterocycles. The Morgan fingerprint density at radius 3 is 2.50 bits per heavy atom. The van der Waals surface area contributed by atoms with Crippen LogP contribution >= 0.6 is 11.6 Å². The molecule has 0 radical (unpaired) electrons. The van der Waals surface area contributed by atoms with Gasteiger partial charge in [0.25, 0.3) is 0 Å². The third-order valence-corrected chi connectivity index (χ3v) is 4.96. The van der Waals surface area contributed by atoms with Crippen molar-refractivity contribution in [1.29, 1.82) is 0 Å². The van der Waals surface area contributed by atoms with E-state index in [1.54, 1.807) is 67.8 Å². The van der Waals surface area contributed by atoms with E-state index >= 15 is 0 Å². The smallest absolute Gasteiger partial charge is 0.231 e. The van der Waals surface area contributed by atoms with Crippen LogP contribution in [0, 0.1) is 0 Å². The molecule has 30 heavy (non-hydrogen) atoms. The van der Waals surface area contributed by atoms with Crippen LogP contribution in [0.2, 0.25) is 5.02 Å². The second-order valence-corrected chi connectivity index (χ2v) is 6.97. The molecule has 0 N–H and O–H groups in total. The van der Waals surface area contributed by atoms with Crippen LogP contribution in [0.4, 0.5) is 0 Å². The summed E-state index contributed by atoms with van der Waals surface area (Å²) in [5.41, 5.74) is 1.65. The average Bonchev–Trinajstić information content (AvgIpc) is 3.08. The Morgan fingerprint density at radius 2 is 1.77 bits per heavy atom. The van der Waals surface area contributed by atoms with Crippen molar-refractivity contribution in [3.8, 4) is 17.2 Å². The zero-order valence-electron chi connectivity index (χ0n) is 16.1. The second kappa shape index (κ2) is 8.43. The number of ketones is 2. The summed E-state index contributed by atoms with van der Waals surface area (Å²) in [6, 6.07) is 18.8. The van der Waals surface area contributed by atoms with Gasteiger partial charge in [-0.05, 0) is 54.1 Å². The second-order valence-electron chi connectivity index (χ2n) is 6.56. The van der Waals surface area contributed by atoms with Crippen molar-refractivity contribution in [2.45, 2.75) is 0 Å². The van der Waals surface area contributed by atoms with Gasteiger partial charge in [0.1, 0.15) is 17.2 Å². The minimum atomic E-state index is -0.231. The fourth-order valence-electron chi connectivity index (χ4n) is 3.00. The summed E-state index contributed by atoms with van der Waals surface area (Å²) in [5.74, 6) is 1.27. The molecule has 3 aromatic carbocycles. The number of allylic oxidation sites excluding steroid dienone is 1. The number of fused-ring (bicyclic) bond motifs is 1. The largest absolute Gasteiger partial charge is 0.497 e. The first-order valence-corrected chi connectivity index (χ1v) is 9.56. The molecule has 0 aromatic heterocycles. The van der Waals surface area contributed by atoms with Crippen molar-refractivity contribution in [3.63, 3.8) is 0 Å². The van der Waals surface area contributed by atoms with Gasteiger partial charge >= 0.3 is 0 Å². The van der Waals surface area contributed by atoms with Crippen LogP contribution in [0.3, 0.4) is 0 Å². The topological polar surface area (TPSA) is 61.8 Å². The highest BCUT2D eigenvalue weighted by molar-refractivity contribution is 6.32. The van der Waals surface area contributed by atoms with Crippen molar-refractivity contribution in [2.24, 2.45) is 0 Å². The van der Waals surface area contributed by atoms with Crippen LogP contribution < -0.4 is 14.2 Å². The number of Topliss-reactive ketones (excluding diaryl/α,β-unsaturated/α-hetero) is 2. The van der Waals surface area contributed by atoms with Crippen LogP contribution in [0.5, 0.6) is 17.2 Å². The third-order valence-electron chi connectivity index (χ3n) is 4.62. The van der Waals surface area contributed by atoms with E-state index in [1.807, 2.05) is 12.1 Å². The van der Waals surface area contributed by atoms with Crippen LogP contribution in [-0.4, -0.2) is 25.3 Å². The highest BCUT2D eigenvalue weighted by atomic mass is 35.5. The SMILES string of the molecule is COc1ccc(C(=O)COc2ccc3c(c2)O/C(=C\c2ccccc2Cl)C3=O)cc1. The number of benzene rings is 3. The number of methoxy groups -OCH3 is 1. The van der Waals surface area contributed by atoms with Crippen molar-refractivity contribution in [2.75, 3.05) is 13.7 Å². The number of carbonyl (C=O) groups excluding carboxylic acids is 2. The molecule has 0 amide bonds. The Balaban J connectivity index is 1.46. The summed E-state index contributed by atoms with van der Waals surface area (Å²) >= 11 is 6.15. The van der Waals surface area contributed by atoms with Gasteiger partial charge in [-0.3, -0.25) is 9.59 Å². The molecule has 0 saturated carbocycles. The normalized spacial score (nSPS) is 13.7. The number of ether oxygens (including phenoxy) is 3. The van der Waals surface area contributed by atoms with Crippen LogP contribution in [0.1, 0.15) is 26.3 Å². The molecule has 4 rings (SSSR count). The van der Waals surface area contributed by atoms with Crippen molar-refractivity contribution < 1.29 is 23.8 Å². The van der Waals surface area contributed by atoms with E-state index in [1.165, 1.54) is 0 Å². The predicted octanol–water partition coefficient (Wildman–Crippen LogP) is 5.23. The van der Waals surface area contributed by atoms with Crippen molar-refractivity contribution in [3.05, 3.63) is 94.2 Å². The first kappa shape index (κ1) is 19.7. The molecule has 0 atom stereocenters. The third kappa shape index (κ3) is 4.07. The molecule has 1 aliphatic heterocycles. The Bertz CT molecular complexity index is 1150.